The second-order valence-corrected chi connectivity index (χ2v) is 5.59. The topological polar surface area (TPSA) is 64.9 Å². The summed E-state index contributed by atoms with van der Waals surface area (Å²) < 4.78 is 5.38. The van der Waals surface area contributed by atoms with E-state index in [1.54, 1.807) is 0 Å². The molecule has 1 aliphatic carbocycles. The molecular formula is C15H20ClN3O. The van der Waals surface area contributed by atoms with Gasteiger partial charge in [0, 0.05) is 5.56 Å². The van der Waals surface area contributed by atoms with Crippen LogP contribution in [0.25, 0.3) is 11.5 Å². The zero-order chi connectivity index (χ0) is 13.5. The van der Waals surface area contributed by atoms with Gasteiger partial charge < -0.3 is 10.3 Å². The van der Waals surface area contributed by atoms with E-state index < -0.39 is 0 Å². The van der Waals surface area contributed by atoms with Crippen LogP contribution < -0.4 is 5.73 Å². The SMILES string of the molecule is Cc1ccc(-c2nc(C3(N)CCCC3)no2)cc1C.Cl. The molecule has 1 aromatic heterocycles. The van der Waals surface area contributed by atoms with Gasteiger partial charge in [0.15, 0.2) is 5.82 Å². The molecule has 0 bridgehead atoms. The zero-order valence-electron chi connectivity index (χ0n) is 11.8. The van der Waals surface area contributed by atoms with E-state index in [1.165, 1.54) is 11.1 Å². The minimum atomic E-state index is -0.387. The molecule has 1 aromatic carbocycles. The first kappa shape index (κ1) is 15.0. The van der Waals surface area contributed by atoms with Crippen molar-refractivity contribution in [1.29, 1.82) is 0 Å². The van der Waals surface area contributed by atoms with E-state index in [0.717, 1.165) is 31.2 Å². The van der Waals surface area contributed by atoms with Crippen molar-refractivity contribution in [3.05, 3.63) is 35.2 Å². The fourth-order valence-electron chi connectivity index (χ4n) is 2.65. The average molecular weight is 294 g/mol. The van der Waals surface area contributed by atoms with Crippen LogP contribution in [0.5, 0.6) is 0 Å². The highest BCUT2D eigenvalue weighted by atomic mass is 35.5. The quantitative estimate of drug-likeness (QED) is 0.920. The van der Waals surface area contributed by atoms with Crippen LogP contribution in [0, 0.1) is 13.8 Å². The van der Waals surface area contributed by atoms with E-state index >= 15 is 0 Å². The van der Waals surface area contributed by atoms with Crippen LogP contribution in [-0.4, -0.2) is 10.1 Å². The lowest BCUT2D eigenvalue weighted by molar-refractivity contribution is 0.372. The fourth-order valence-corrected chi connectivity index (χ4v) is 2.65. The van der Waals surface area contributed by atoms with E-state index in [0.29, 0.717) is 11.7 Å². The van der Waals surface area contributed by atoms with Crippen molar-refractivity contribution in [1.82, 2.24) is 10.1 Å². The van der Waals surface area contributed by atoms with Gasteiger partial charge in [0.25, 0.3) is 5.89 Å². The minimum Gasteiger partial charge on any atom is -0.334 e. The molecule has 4 nitrogen and oxygen atoms in total. The Hall–Kier alpha value is -1.39. The Balaban J connectivity index is 0.00000147. The standard InChI is InChI=1S/C15H19N3O.ClH/c1-10-5-6-12(9-11(10)2)13-17-14(18-19-13)15(16)7-3-4-8-15;/h5-6,9H,3-4,7-8,16H2,1-2H3;1H. The molecule has 3 rings (SSSR count). The van der Waals surface area contributed by atoms with Crippen LogP contribution in [0.1, 0.15) is 42.6 Å². The van der Waals surface area contributed by atoms with E-state index in [1.807, 2.05) is 6.07 Å². The summed E-state index contributed by atoms with van der Waals surface area (Å²) in [6.07, 6.45) is 4.17. The Bertz CT molecular complexity index is 603. The minimum absolute atomic E-state index is 0. The van der Waals surface area contributed by atoms with Crippen molar-refractivity contribution >= 4 is 12.4 Å². The maximum Gasteiger partial charge on any atom is 0.258 e. The van der Waals surface area contributed by atoms with Crippen molar-refractivity contribution in [3.8, 4) is 11.5 Å². The van der Waals surface area contributed by atoms with Crippen molar-refractivity contribution in [2.24, 2.45) is 5.73 Å². The first-order valence-corrected chi connectivity index (χ1v) is 6.79. The second kappa shape index (κ2) is 5.54. The summed E-state index contributed by atoms with van der Waals surface area (Å²) in [5.74, 6) is 1.22. The molecule has 0 atom stereocenters. The zero-order valence-corrected chi connectivity index (χ0v) is 12.7. The maximum atomic E-state index is 6.34. The van der Waals surface area contributed by atoms with E-state index in [-0.39, 0.29) is 17.9 Å². The Labute approximate surface area is 125 Å². The van der Waals surface area contributed by atoms with Crippen LogP contribution >= 0.6 is 12.4 Å². The van der Waals surface area contributed by atoms with Gasteiger partial charge in [-0.25, -0.2) is 0 Å². The molecule has 108 valence electrons. The second-order valence-electron chi connectivity index (χ2n) is 5.59. The van der Waals surface area contributed by atoms with Crippen LogP contribution in [0.4, 0.5) is 0 Å². The molecule has 0 spiro atoms. The molecule has 0 aliphatic heterocycles. The lowest BCUT2D eigenvalue weighted by atomic mass is 9.98. The molecule has 1 aliphatic rings. The summed E-state index contributed by atoms with van der Waals surface area (Å²) in [5.41, 5.74) is 9.40. The number of aryl methyl sites for hydroxylation is 2. The molecule has 2 aromatic rings. The van der Waals surface area contributed by atoms with Crippen LogP contribution in [0.15, 0.2) is 22.7 Å². The summed E-state index contributed by atoms with van der Waals surface area (Å²) in [5, 5.41) is 4.09. The molecule has 0 saturated heterocycles. The van der Waals surface area contributed by atoms with Gasteiger partial charge in [-0.1, -0.05) is 24.1 Å². The predicted octanol–water partition coefficient (Wildman–Crippen LogP) is 3.50. The summed E-state index contributed by atoms with van der Waals surface area (Å²) in [4.78, 5) is 4.50. The van der Waals surface area contributed by atoms with Crippen molar-refractivity contribution < 1.29 is 4.52 Å². The Kier molecular flexibility index (Phi) is 4.16. The molecule has 1 fully saturated rings. The normalized spacial score (nSPS) is 16.9. The smallest absolute Gasteiger partial charge is 0.258 e. The summed E-state index contributed by atoms with van der Waals surface area (Å²) in [6.45, 7) is 4.17. The molecule has 5 heteroatoms. The molecule has 1 heterocycles. The molecule has 0 amide bonds. The monoisotopic (exact) mass is 293 g/mol. The fraction of sp³-hybridized carbons (Fsp3) is 0.467. The third-order valence-corrected chi connectivity index (χ3v) is 4.12. The molecule has 1 saturated carbocycles. The maximum absolute atomic E-state index is 6.34. The third kappa shape index (κ3) is 2.58. The third-order valence-electron chi connectivity index (χ3n) is 4.12. The van der Waals surface area contributed by atoms with Gasteiger partial charge in [-0.2, -0.15) is 4.98 Å². The number of benzene rings is 1. The van der Waals surface area contributed by atoms with Gasteiger partial charge in [-0.05, 0) is 49.9 Å². The Morgan fingerprint density at radius 3 is 2.50 bits per heavy atom. The lowest BCUT2D eigenvalue weighted by Gasteiger charge is -2.17. The van der Waals surface area contributed by atoms with Gasteiger partial charge in [0.05, 0.1) is 5.54 Å². The summed E-state index contributed by atoms with van der Waals surface area (Å²) in [6, 6.07) is 6.16. The highest BCUT2D eigenvalue weighted by Crippen LogP contribution is 2.35. The largest absolute Gasteiger partial charge is 0.334 e. The van der Waals surface area contributed by atoms with Gasteiger partial charge in [0.1, 0.15) is 0 Å². The predicted molar refractivity (Wildman–Crippen MR) is 80.8 cm³/mol. The number of hydrogen-bond acceptors (Lipinski definition) is 4. The summed E-state index contributed by atoms with van der Waals surface area (Å²) >= 11 is 0. The van der Waals surface area contributed by atoms with E-state index in [2.05, 4.69) is 36.1 Å². The molecule has 0 unspecified atom stereocenters. The van der Waals surface area contributed by atoms with Crippen LogP contribution in [0.2, 0.25) is 0 Å². The molecule has 0 radical (unpaired) electrons. The van der Waals surface area contributed by atoms with Gasteiger partial charge in [0.2, 0.25) is 0 Å². The number of hydrogen-bond donors (Lipinski definition) is 1. The lowest BCUT2D eigenvalue weighted by Crippen LogP contribution is -2.34. The first-order chi connectivity index (χ1) is 9.08. The molecule has 20 heavy (non-hydrogen) atoms. The van der Waals surface area contributed by atoms with Crippen molar-refractivity contribution in [3.63, 3.8) is 0 Å². The van der Waals surface area contributed by atoms with Crippen molar-refractivity contribution in [2.45, 2.75) is 45.1 Å². The molecule has 2 N–H and O–H groups in total. The van der Waals surface area contributed by atoms with Gasteiger partial charge in [-0.3, -0.25) is 0 Å². The van der Waals surface area contributed by atoms with Crippen molar-refractivity contribution in [2.75, 3.05) is 0 Å². The Morgan fingerprint density at radius 1 is 1.15 bits per heavy atom. The van der Waals surface area contributed by atoms with E-state index in [4.69, 9.17) is 10.3 Å². The number of nitrogens with zero attached hydrogens (tertiary/aromatic N) is 2. The highest BCUT2D eigenvalue weighted by molar-refractivity contribution is 5.85. The number of halogens is 1. The average Bonchev–Trinajstić information content (AvgIpc) is 3.02. The summed E-state index contributed by atoms with van der Waals surface area (Å²) in [7, 11) is 0. The van der Waals surface area contributed by atoms with E-state index in [9.17, 15) is 0 Å². The first-order valence-electron chi connectivity index (χ1n) is 6.79. The molecular weight excluding hydrogens is 274 g/mol. The number of rotatable bonds is 2. The highest BCUT2D eigenvalue weighted by Gasteiger charge is 2.36. The van der Waals surface area contributed by atoms with Crippen LogP contribution in [0.3, 0.4) is 0 Å². The van der Waals surface area contributed by atoms with Gasteiger partial charge in [-0.15, -0.1) is 12.4 Å². The number of nitrogens with two attached hydrogens (primary N) is 1. The Morgan fingerprint density at radius 2 is 1.85 bits per heavy atom. The van der Waals surface area contributed by atoms with Crippen LogP contribution in [-0.2, 0) is 5.54 Å². The number of aromatic nitrogens is 2. The van der Waals surface area contributed by atoms with Gasteiger partial charge >= 0.3 is 0 Å².